The fraction of sp³-hybridized carbons (Fsp3) is 0.545. The van der Waals surface area contributed by atoms with E-state index < -0.39 is 5.97 Å². The van der Waals surface area contributed by atoms with Gasteiger partial charge in [-0.1, -0.05) is 18.2 Å². The number of rotatable bonds is 4. The third-order valence-electron chi connectivity index (χ3n) is 2.56. The largest absolute Gasteiger partial charge is 0.481 e. The second-order valence-corrected chi connectivity index (χ2v) is 3.63. The van der Waals surface area contributed by atoms with Crippen LogP contribution in [0.25, 0.3) is 0 Å². The summed E-state index contributed by atoms with van der Waals surface area (Å²) in [5.74, 6) is -0.587. The summed E-state index contributed by atoms with van der Waals surface area (Å²) in [5.41, 5.74) is 0.999. The highest BCUT2D eigenvalue weighted by Crippen LogP contribution is 2.29. The first-order chi connectivity index (χ1) is 6.65. The number of carbonyl (C=O) groups is 1. The minimum atomic E-state index is -0.793. The predicted molar refractivity (Wildman–Crippen MR) is 54.0 cm³/mol. The van der Waals surface area contributed by atoms with Crippen LogP contribution in [0.3, 0.4) is 0 Å². The molecule has 0 aromatic carbocycles. The van der Waals surface area contributed by atoms with Crippen LogP contribution in [-0.2, 0) is 9.53 Å². The van der Waals surface area contributed by atoms with Gasteiger partial charge in [0.2, 0.25) is 0 Å². The van der Waals surface area contributed by atoms with Crippen LogP contribution in [0.15, 0.2) is 24.8 Å². The first-order valence-electron chi connectivity index (χ1n) is 4.74. The van der Waals surface area contributed by atoms with E-state index in [0.29, 0.717) is 13.2 Å². The van der Waals surface area contributed by atoms with Crippen LogP contribution in [0.5, 0.6) is 0 Å². The van der Waals surface area contributed by atoms with Crippen molar-refractivity contribution in [1.29, 1.82) is 0 Å². The van der Waals surface area contributed by atoms with Crippen molar-refractivity contribution in [2.45, 2.75) is 12.8 Å². The molecule has 1 aliphatic heterocycles. The van der Waals surface area contributed by atoms with Crippen molar-refractivity contribution in [3.63, 3.8) is 0 Å². The molecule has 14 heavy (non-hydrogen) atoms. The maximum atomic E-state index is 10.6. The normalized spacial score (nSPS) is 27.3. The summed E-state index contributed by atoms with van der Waals surface area (Å²) in [5, 5.41) is 8.68. The Morgan fingerprint density at radius 3 is 2.79 bits per heavy atom. The lowest BCUT2D eigenvalue weighted by atomic mass is 9.84. The molecule has 0 aromatic rings. The topological polar surface area (TPSA) is 46.5 Å². The molecule has 1 fully saturated rings. The van der Waals surface area contributed by atoms with Crippen LogP contribution in [0, 0.1) is 11.8 Å². The Labute approximate surface area is 84.1 Å². The summed E-state index contributed by atoms with van der Waals surface area (Å²) in [6.07, 6.45) is 2.75. The molecule has 0 spiro atoms. The Hall–Kier alpha value is -1.09. The van der Waals surface area contributed by atoms with Gasteiger partial charge in [0.05, 0.1) is 19.6 Å². The van der Waals surface area contributed by atoms with Gasteiger partial charge in [0.25, 0.3) is 0 Å². The van der Waals surface area contributed by atoms with Gasteiger partial charge in [-0.3, -0.25) is 4.79 Å². The van der Waals surface area contributed by atoms with Crippen molar-refractivity contribution >= 4 is 5.97 Å². The van der Waals surface area contributed by atoms with Crippen molar-refractivity contribution in [3.05, 3.63) is 24.8 Å². The van der Waals surface area contributed by atoms with Gasteiger partial charge in [-0.05, 0) is 6.42 Å². The predicted octanol–water partition coefficient (Wildman–Crippen LogP) is 1.86. The Kier molecular flexibility index (Phi) is 3.89. The van der Waals surface area contributed by atoms with Crippen LogP contribution < -0.4 is 0 Å². The number of ether oxygens (including phenoxy) is 1. The lowest BCUT2D eigenvalue weighted by Gasteiger charge is -2.30. The molecule has 0 bridgehead atoms. The smallest absolute Gasteiger partial charge is 0.304 e. The minimum absolute atomic E-state index is 0.0359. The lowest BCUT2D eigenvalue weighted by molar-refractivity contribution is -0.138. The molecule has 0 aliphatic carbocycles. The quantitative estimate of drug-likeness (QED) is 0.698. The van der Waals surface area contributed by atoms with E-state index in [2.05, 4.69) is 13.2 Å². The average Bonchev–Trinajstić information content (AvgIpc) is 2.11. The van der Waals surface area contributed by atoms with Crippen LogP contribution >= 0.6 is 0 Å². The van der Waals surface area contributed by atoms with Gasteiger partial charge in [0, 0.05) is 11.8 Å². The molecule has 1 saturated heterocycles. The van der Waals surface area contributed by atoms with Crippen LogP contribution in [-0.4, -0.2) is 24.3 Å². The summed E-state index contributed by atoms with van der Waals surface area (Å²) in [7, 11) is 0. The van der Waals surface area contributed by atoms with Gasteiger partial charge in [-0.2, -0.15) is 0 Å². The zero-order valence-electron chi connectivity index (χ0n) is 8.24. The fourth-order valence-electron chi connectivity index (χ4n) is 1.72. The molecule has 1 rings (SSSR count). The Balaban J connectivity index is 2.56. The molecule has 0 aromatic heterocycles. The van der Waals surface area contributed by atoms with Gasteiger partial charge in [-0.25, -0.2) is 0 Å². The monoisotopic (exact) mass is 196 g/mol. The Morgan fingerprint density at radius 2 is 2.21 bits per heavy atom. The number of hydrogen-bond acceptors (Lipinski definition) is 2. The Bertz CT molecular complexity index is 245. The third-order valence-corrected chi connectivity index (χ3v) is 2.56. The van der Waals surface area contributed by atoms with Gasteiger partial charge in [-0.15, -0.1) is 6.58 Å². The summed E-state index contributed by atoms with van der Waals surface area (Å²) in [6, 6.07) is 0. The number of hydrogen-bond donors (Lipinski definition) is 1. The molecular formula is C11H16O3. The zero-order chi connectivity index (χ0) is 10.6. The summed E-state index contributed by atoms with van der Waals surface area (Å²) in [4.78, 5) is 10.6. The van der Waals surface area contributed by atoms with E-state index in [1.54, 1.807) is 0 Å². The average molecular weight is 196 g/mol. The molecule has 0 saturated carbocycles. The van der Waals surface area contributed by atoms with Crippen LogP contribution in [0.1, 0.15) is 12.8 Å². The number of aliphatic carboxylic acids is 1. The van der Waals surface area contributed by atoms with E-state index in [-0.39, 0.29) is 18.3 Å². The van der Waals surface area contributed by atoms with Crippen molar-refractivity contribution in [1.82, 2.24) is 0 Å². The maximum Gasteiger partial charge on any atom is 0.304 e. The molecule has 1 unspecified atom stereocenters. The van der Waals surface area contributed by atoms with Gasteiger partial charge < -0.3 is 9.84 Å². The highest BCUT2D eigenvalue weighted by molar-refractivity contribution is 5.67. The molecule has 0 radical (unpaired) electrons. The van der Waals surface area contributed by atoms with E-state index in [9.17, 15) is 4.79 Å². The fourth-order valence-corrected chi connectivity index (χ4v) is 1.72. The van der Waals surface area contributed by atoms with E-state index in [1.165, 1.54) is 0 Å². The zero-order valence-corrected chi connectivity index (χ0v) is 8.24. The second-order valence-electron chi connectivity index (χ2n) is 3.63. The van der Waals surface area contributed by atoms with Crippen molar-refractivity contribution in [2.24, 2.45) is 11.8 Å². The summed E-state index contributed by atoms with van der Waals surface area (Å²) in [6.45, 7) is 8.74. The first-order valence-corrected chi connectivity index (χ1v) is 4.74. The molecule has 3 heteroatoms. The van der Waals surface area contributed by atoms with Crippen LogP contribution in [0.2, 0.25) is 0 Å². The van der Waals surface area contributed by atoms with Crippen molar-refractivity contribution in [3.8, 4) is 0 Å². The Morgan fingerprint density at radius 1 is 1.57 bits per heavy atom. The SMILES string of the molecule is C=CCC1COC[C@@H](CC(=O)O)C1=C. The number of allylic oxidation sites excluding steroid dienone is 1. The molecule has 3 nitrogen and oxygen atoms in total. The summed E-state index contributed by atoms with van der Waals surface area (Å²) < 4.78 is 5.35. The number of carboxylic acids is 1. The second kappa shape index (κ2) is 4.96. The minimum Gasteiger partial charge on any atom is -0.481 e. The highest BCUT2D eigenvalue weighted by atomic mass is 16.5. The van der Waals surface area contributed by atoms with Crippen molar-refractivity contribution in [2.75, 3.05) is 13.2 Å². The molecule has 78 valence electrons. The van der Waals surface area contributed by atoms with Crippen molar-refractivity contribution < 1.29 is 14.6 Å². The van der Waals surface area contributed by atoms with Crippen LogP contribution in [0.4, 0.5) is 0 Å². The van der Waals surface area contributed by atoms with E-state index >= 15 is 0 Å². The lowest BCUT2D eigenvalue weighted by Crippen LogP contribution is -2.29. The summed E-state index contributed by atoms with van der Waals surface area (Å²) >= 11 is 0. The third kappa shape index (κ3) is 2.70. The molecule has 0 amide bonds. The standard InChI is InChI=1S/C11H16O3/c1-3-4-9-6-14-7-10(8(9)2)5-11(12)13/h3,9-10H,1-2,4-7H2,(H,12,13)/t9?,10-/m1/s1. The van der Waals surface area contributed by atoms with E-state index in [4.69, 9.17) is 9.84 Å². The van der Waals surface area contributed by atoms with E-state index in [1.807, 2.05) is 6.08 Å². The highest BCUT2D eigenvalue weighted by Gasteiger charge is 2.27. The molecule has 1 heterocycles. The number of carboxylic acid groups (broad SMARTS) is 1. The molecule has 1 N–H and O–H groups in total. The first kappa shape index (κ1) is 11.0. The van der Waals surface area contributed by atoms with E-state index in [0.717, 1.165) is 12.0 Å². The van der Waals surface area contributed by atoms with Gasteiger partial charge in [0.1, 0.15) is 0 Å². The van der Waals surface area contributed by atoms with Gasteiger partial charge >= 0.3 is 5.97 Å². The molecule has 2 atom stereocenters. The van der Waals surface area contributed by atoms with Gasteiger partial charge in [0.15, 0.2) is 0 Å². The molecular weight excluding hydrogens is 180 g/mol. The molecule has 1 aliphatic rings. The maximum absolute atomic E-state index is 10.6.